The highest BCUT2D eigenvalue weighted by atomic mass is 79.9. The molecule has 4 heteroatoms. The van der Waals surface area contributed by atoms with Crippen molar-refractivity contribution in [1.82, 2.24) is 0 Å². The minimum atomic E-state index is -0.107. The third-order valence-corrected chi connectivity index (χ3v) is 4.37. The molecule has 1 N–H and O–H groups in total. The normalized spacial score (nSPS) is 10.1. The van der Waals surface area contributed by atoms with Gasteiger partial charge in [0, 0.05) is 15.1 Å². The smallest absolute Gasteiger partial charge is 0.256 e. The second-order valence-electron chi connectivity index (χ2n) is 4.03. The van der Waals surface area contributed by atoms with Gasteiger partial charge in [0.2, 0.25) is 0 Å². The summed E-state index contributed by atoms with van der Waals surface area (Å²) in [6, 6.07) is 15.1. The average Bonchev–Trinajstić information content (AvgIpc) is 2.47. The van der Waals surface area contributed by atoms with Gasteiger partial charge in [-0.3, -0.25) is 4.79 Å². The zero-order valence-corrected chi connectivity index (χ0v) is 13.2. The summed E-state index contributed by atoms with van der Waals surface area (Å²) in [6.07, 6.45) is 1.83. The summed E-state index contributed by atoms with van der Waals surface area (Å²) < 4.78 is 0.865. The second-order valence-corrected chi connectivity index (χ2v) is 5.95. The van der Waals surface area contributed by atoms with Crippen LogP contribution in [0, 0.1) is 0 Å². The van der Waals surface area contributed by atoms with Crippen LogP contribution in [0.5, 0.6) is 0 Å². The number of halogens is 1. The number of hydrogen-bond acceptors (Lipinski definition) is 2. The number of rotatable bonds is 5. The third-order valence-electron chi connectivity index (χ3n) is 2.61. The molecule has 0 saturated carbocycles. The van der Waals surface area contributed by atoms with Crippen molar-refractivity contribution in [3.8, 4) is 0 Å². The zero-order chi connectivity index (χ0) is 14.4. The van der Waals surface area contributed by atoms with Crippen molar-refractivity contribution in [3.05, 3.63) is 71.2 Å². The lowest BCUT2D eigenvalue weighted by molar-refractivity contribution is 0.102. The molecular formula is C16H14BrNOS. The monoisotopic (exact) mass is 347 g/mol. The Bertz CT molecular complexity index is 627. The Kier molecular flexibility index (Phi) is 5.44. The molecular weight excluding hydrogens is 334 g/mol. The Morgan fingerprint density at radius 1 is 1.20 bits per heavy atom. The highest BCUT2D eigenvalue weighted by Crippen LogP contribution is 2.26. The molecule has 0 fully saturated rings. The first-order valence-corrected chi connectivity index (χ1v) is 7.89. The van der Waals surface area contributed by atoms with Gasteiger partial charge in [0.15, 0.2) is 0 Å². The Hall–Kier alpha value is -1.52. The molecule has 0 saturated heterocycles. The summed E-state index contributed by atoms with van der Waals surface area (Å²) in [6.45, 7) is 3.70. The topological polar surface area (TPSA) is 29.1 Å². The van der Waals surface area contributed by atoms with Crippen LogP contribution in [-0.4, -0.2) is 11.7 Å². The number of carbonyl (C=O) groups is 1. The second kappa shape index (κ2) is 7.31. The first-order chi connectivity index (χ1) is 9.72. The largest absolute Gasteiger partial charge is 0.321 e. The van der Waals surface area contributed by atoms with Crippen LogP contribution in [0.4, 0.5) is 5.69 Å². The van der Waals surface area contributed by atoms with Gasteiger partial charge in [-0.05, 0) is 40.2 Å². The molecule has 2 nitrogen and oxygen atoms in total. The number of amides is 1. The van der Waals surface area contributed by atoms with E-state index in [-0.39, 0.29) is 5.91 Å². The average molecular weight is 348 g/mol. The van der Waals surface area contributed by atoms with Crippen molar-refractivity contribution in [2.75, 3.05) is 11.1 Å². The van der Waals surface area contributed by atoms with Crippen LogP contribution in [0.25, 0.3) is 0 Å². The summed E-state index contributed by atoms with van der Waals surface area (Å²) in [5.74, 6) is 0.670. The number of benzene rings is 2. The first-order valence-electron chi connectivity index (χ1n) is 6.11. The van der Waals surface area contributed by atoms with Crippen LogP contribution in [0.3, 0.4) is 0 Å². The maximum Gasteiger partial charge on any atom is 0.256 e. The molecule has 0 unspecified atom stereocenters. The van der Waals surface area contributed by atoms with E-state index in [2.05, 4.69) is 27.8 Å². The van der Waals surface area contributed by atoms with Crippen LogP contribution in [-0.2, 0) is 0 Å². The lowest BCUT2D eigenvalue weighted by Gasteiger charge is -2.10. The van der Waals surface area contributed by atoms with Crippen LogP contribution >= 0.6 is 27.7 Å². The molecule has 102 valence electrons. The van der Waals surface area contributed by atoms with Crippen molar-refractivity contribution in [2.24, 2.45) is 0 Å². The highest BCUT2D eigenvalue weighted by Gasteiger charge is 2.12. The van der Waals surface area contributed by atoms with Gasteiger partial charge in [0.25, 0.3) is 5.91 Å². The number of carbonyl (C=O) groups excluding carboxylic acids is 1. The maximum atomic E-state index is 12.4. The lowest BCUT2D eigenvalue weighted by Crippen LogP contribution is -2.13. The molecule has 0 radical (unpaired) electrons. The number of anilines is 1. The molecule has 0 heterocycles. The Morgan fingerprint density at radius 3 is 2.65 bits per heavy atom. The number of thioether (sulfide) groups is 1. The van der Waals surface area contributed by atoms with Crippen molar-refractivity contribution in [3.63, 3.8) is 0 Å². The van der Waals surface area contributed by atoms with Gasteiger partial charge in [-0.25, -0.2) is 0 Å². The van der Waals surface area contributed by atoms with Gasteiger partial charge in [-0.1, -0.05) is 30.3 Å². The third kappa shape index (κ3) is 3.74. The van der Waals surface area contributed by atoms with Crippen molar-refractivity contribution in [1.29, 1.82) is 0 Å². The first kappa shape index (κ1) is 14.9. The number of nitrogens with one attached hydrogen (secondary N) is 1. The zero-order valence-electron chi connectivity index (χ0n) is 10.8. The van der Waals surface area contributed by atoms with Crippen LogP contribution in [0.15, 0.2) is 70.6 Å². The van der Waals surface area contributed by atoms with Gasteiger partial charge in [0.1, 0.15) is 0 Å². The van der Waals surface area contributed by atoms with Gasteiger partial charge >= 0.3 is 0 Å². The van der Waals surface area contributed by atoms with Crippen molar-refractivity contribution < 1.29 is 4.79 Å². The van der Waals surface area contributed by atoms with E-state index < -0.39 is 0 Å². The minimum absolute atomic E-state index is 0.107. The Morgan fingerprint density at radius 2 is 1.90 bits per heavy atom. The Labute approximate surface area is 131 Å². The minimum Gasteiger partial charge on any atom is -0.321 e. The van der Waals surface area contributed by atoms with Gasteiger partial charge in [0.05, 0.1) is 11.3 Å². The summed E-state index contributed by atoms with van der Waals surface area (Å²) in [5, 5.41) is 2.92. The molecule has 0 atom stereocenters. The molecule has 1 amide bonds. The Balaban J connectivity index is 2.21. The predicted molar refractivity (Wildman–Crippen MR) is 89.5 cm³/mol. The molecule has 0 aliphatic rings. The van der Waals surface area contributed by atoms with E-state index in [1.165, 1.54) is 0 Å². The van der Waals surface area contributed by atoms with Crippen LogP contribution < -0.4 is 5.32 Å². The van der Waals surface area contributed by atoms with E-state index in [9.17, 15) is 4.79 Å². The molecule has 20 heavy (non-hydrogen) atoms. The maximum absolute atomic E-state index is 12.4. The van der Waals surface area contributed by atoms with Crippen LogP contribution in [0.2, 0.25) is 0 Å². The molecule has 0 spiro atoms. The van der Waals surface area contributed by atoms with Gasteiger partial charge < -0.3 is 5.32 Å². The molecule has 0 aliphatic carbocycles. The van der Waals surface area contributed by atoms with Gasteiger partial charge in [-0.2, -0.15) is 0 Å². The SMILES string of the molecule is C=CCSc1ccccc1C(=O)Nc1ccccc1Br. The number of para-hydroxylation sites is 1. The molecule has 0 aliphatic heterocycles. The van der Waals surface area contributed by atoms with E-state index in [1.807, 2.05) is 54.6 Å². The summed E-state index contributed by atoms with van der Waals surface area (Å²) in [7, 11) is 0. The van der Waals surface area contributed by atoms with Crippen LogP contribution in [0.1, 0.15) is 10.4 Å². The summed E-state index contributed by atoms with van der Waals surface area (Å²) in [5.41, 5.74) is 1.44. The quantitative estimate of drug-likeness (QED) is 0.610. The molecule has 0 bridgehead atoms. The lowest BCUT2D eigenvalue weighted by atomic mass is 10.2. The summed E-state index contributed by atoms with van der Waals surface area (Å²) >= 11 is 5.02. The van der Waals surface area contributed by atoms with Gasteiger partial charge in [-0.15, -0.1) is 18.3 Å². The fourth-order valence-electron chi connectivity index (χ4n) is 1.68. The van der Waals surface area contributed by atoms with E-state index in [4.69, 9.17) is 0 Å². The fraction of sp³-hybridized carbons (Fsp3) is 0.0625. The highest BCUT2D eigenvalue weighted by molar-refractivity contribution is 9.10. The van der Waals surface area contributed by atoms with E-state index in [0.717, 1.165) is 20.8 Å². The number of hydrogen-bond donors (Lipinski definition) is 1. The van der Waals surface area contributed by atoms with Crippen molar-refractivity contribution in [2.45, 2.75) is 4.90 Å². The standard InChI is InChI=1S/C16H14BrNOS/c1-2-11-20-15-10-6-3-7-12(15)16(19)18-14-9-5-4-8-13(14)17/h2-10H,1,11H2,(H,18,19). The van der Waals surface area contributed by atoms with Crippen molar-refractivity contribution >= 4 is 39.3 Å². The van der Waals surface area contributed by atoms with E-state index in [1.54, 1.807) is 11.8 Å². The predicted octanol–water partition coefficient (Wildman–Crippen LogP) is 4.98. The summed E-state index contributed by atoms with van der Waals surface area (Å²) in [4.78, 5) is 13.3. The van der Waals surface area contributed by atoms with E-state index in [0.29, 0.717) is 5.56 Å². The molecule has 2 aromatic rings. The molecule has 2 aromatic carbocycles. The molecule has 2 rings (SSSR count). The fourth-order valence-corrected chi connectivity index (χ4v) is 2.85. The van der Waals surface area contributed by atoms with E-state index >= 15 is 0 Å². The molecule has 0 aromatic heterocycles.